The monoisotopic (exact) mass is 411 g/mol. The van der Waals surface area contributed by atoms with Crippen LogP contribution >= 0.6 is 0 Å². The summed E-state index contributed by atoms with van der Waals surface area (Å²) in [5.41, 5.74) is 0. The highest BCUT2D eigenvalue weighted by atomic mass is 16.2. The minimum absolute atomic E-state index is 0.0369. The number of carbonyl (C=O) groups excluding carboxylic acids is 3. The Morgan fingerprint density at radius 2 is 1.24 bits per heavy atom. The minimum atomic E-state index is -0.0910. The molecule has 0 aromatic heterocycles. The van der Waals surface area contributed by atoms with Crippen LogP contribution in [0, 0.1) is 0 Å². The Bertz CT molecular complexity index is 441. The second-order valence-corrected chi connectivity index (χ2v) is 7.98. The zero-order valence-electron chi connectivity index (χ0n) is 19.1. The lowest BCUT2D eigenvalue weighted by atomic mass is 10.1. The molecule has 6 nitrogen and oxygen atoms in total. The van der Waals surface area contributed by atoms with Gasteiger partial charge in [0, 0.05) is 25.9 Å². The molecule has 0 aliphatic rings. The Hall–Kier alpha value is -1.43. The van der Waals surface area contributed by atoms with Gasteiger partial charge >= 0.3 is 0 Å². The van der Waals surface area contributed by atoms with Crippen LogP contribution in [0.4, 0.5) is 0 Å². The molecule has 0 saturated heterocycles. The van der Waals surface area contributed by atoms with Crippen molar-refractivity contribution in [2.45, 2.75) is 110 Å². The quantitative estimate of drug-likeness (QED) is 0.265. The number of nitrogens with one attached hydrogen (secondary N) is 3. The first kappa shape index (κ1) is 27.6. The smallest absolute Gasteiger partial charge is 0.221 e. The fourth-order valence-electron chi connectivity index (χ4n) is 3.34. The van der Waals surface area contributed by atoms with E-state index in [1.165, 1.54) is 44.9 Å². The molecule has 1 atom stereocenters. The molecule has 0 heterocycles. The Balaban J connectivity index is 3.46. The Labute approximate surface area is 178 Å². The van der Waals surface area contributed by atoms with Crippen molar-refractivity contribution in [2.24, 2.45) is 0 Å². The fourth-order valence-corrected chi connectivity index (χ4v) is 3.34. The van der Waals surface area contributed by atoms with Crippen LogP contribution in [0.15, 0.2) is 0 Å². The van der Waals surface area contributed by atoms with E-state index in [1.54, 1.807) is 14.0 Å². The largest absolute Gasteiger partial charge is 0.356 e. The van der Waals surface area contributed by atoms with Crippen LogP contribution in [0.1, 0.15) is 104 Å². The van der Waals surface area contributed by atoms with E-state index in [0.717, 1.165) is 32.1 Å². The van der Waals surface area contributed by atoms with E-state index in [0.29, 0.717) is 25.9 Å². The van der Waals surface area contributed by atoms with Gasteiger partial charge < -0.3 is 16.0 Å². The molecule has 0 saturated carbocycles. The van der Waals surface area contributed by atoms with Gasteiger partial charge in [-0.1, -0.05) is 58.3 Å². The van der Waals surface area contributed by atoms with Crippen molar-refractivity contribution < 1.29 is 14.4 Å². The van der Waals surface area contributed by atoms with Crippen molar-refractivity contribution in [1.82, 2.24) is 16.0 Å². The lowest BCUT2D eigenvalue weighted by molar-refractivity contribution is -0.122. The van der Waals surface area contributed by atoms with Crippen LogP contribution in [-0.4, -0.2) is 43.8 Å². The van der Waals surface area contributed by atoms with E-state index in [1.807, 2.05) is 0 Å². The summed E-state index contributed by atoms with van der Waals surface area (Å²) in [5, 5.41) is 8.69. The van der Waals surface area contributed by atoms with Crippen LogP contribution in [0.3, 0.4) is 0 Å². The van der Waals surface area contributed by atoms with Gasteiger partial charge in [-0.05, 0) is 39.7 Å². The second kappa shape index (κ2) is 19.9. The number of ketones is 1. The molecule has 6 heteroatoms. The summed E-state index contributed by atoms with van der Waals surface area (Å²) in [7, 11) is 1.79. The van der Waals surface area contributed by atoms with Crippen molar-refractivity contribution in [3.63, 3.8) is 0 Å². The lowest BCUT2D eigenvalue weighted by Crippen LogP contribution is -2.33. The minimum Gasteiger partial charge on any atom is -0.356 e. The summed E-state index contributed by atoms with van der Waals surface area (Å²) >= 11 is 0. The third kappa shape index (κ3) is 18.3. The maximum atomic E-state index is 11.8. The zero-order valence-corrected chi connectivity index (χ0v) is 19.1. The van der Waals surface area contributed by atoms with Gasteiger partial charge in [0.2, 0.25) is 11.8 Å². The molecule has 0 spiro atoms. The van der Waals surface area contributed by atoms with Crippen LogP contribution < -0.4 is 16.0 Å². The van der Waals surface area contributed by atoms with Gasteiger partial charge in [-0.25, -0.2) is 0 Å². The van der Waals surface area contributed by atoms with Gasteiger partial charge in [0.25, 0.3) is 0 Å². The summed E-state index contributed by atoms with van der Waals surface area (Å²) in [4.78, 5) is 34.9. The summed E-state index contributed by atoms with van der Waals surface area (Å²) in [5.74, 6) is 0.155. The predicted molar refractivity (Wildman–Crippen MR) is 120 cm³/mol. The van der Waals surface area contributed by atoms with Crippen molar-refractivity contribution in [1.29, 1.82) is 0 Å². The summed E-state index contributed by atoms with van der Waals surface area (Å²) in [6.07, 6.45) is 14.6. The van der Waals surface area contributed by atoms with Gasteiger partial charge in [-0.2, -0.15) is 0 Å². The fraction of sp³-hybridized carbons (Fsp3) is 0.870. The molecule has 0 radical (unpaired) electrons. The number of amides is 2. The van der Waals surface area contributed by atoms with Crippen LogP contribution in [0.25, 0.3) is 0 Å². The van der Waals surface area contributed by atoms with Gasteiger partial charge in [0.1, 0.15) is 5.78 Å². The Morgan fingerprint density at radius 3 is 1.83 bits per heavy atom. The van der Waals surface area contributed by atoms with E-state index in [4.69, 9.17) is 0 Å². The number of hydrogen-bond donors (Lipinski definition) is 3. The number of likely N-dealkylation sites (N-methyl/N-ethyl adjacent to an activating group) is 1. The highest BCUT2D eigenvalue weighted by molar-refractivity contribution is 5.81. The molecular formula is C23H45N3O3. The number of carbonyl (C=O) groups is 3. The molecule has 3 N–H and O–H groups in total. The van der Waals surface area contributed by atoms with E-state index >= 15 is 0 Å². The third-order valence-corrected chi connectivity index (χ3v) is 5.26. The van der Waals surface area contributed by atoms with Gasteiger partial charge in [0.05, 0.1) is 6.04 Å². The summed E-state index contributed by atoms with van der Waals surface area (Å²) < 4.78 is 0. The molecule has 0 rings (SSSR count). The molecular weight excluding hydrogens is 366 g/mol. The highest BCUT2D eigenvalue weighted by Crippen LogP contribution is 2.10. The Morgan fingerprint density at radius 1 is 0.690 bits per heavy atom. The predicted octanol–water partition coefficient (Wildman–Crippen LogP) is 3.88. The normalized spacial score (nSPS) is 11.8. The molecule has 0 unspecified atom stereocenters. The van der Waals surface area contributed by atoms with Crippen molar-refractivity contribution in [3.05, 3.63) is 0 Å². The second-order valence-electron chi connectivity index (χ2n) is 7.98. The molecule has 0 fully saturated rings. The average molecular weight is 412 g/mol. The van der Waals surface area contributed by atoms with E-state index < -0.39 is 0 Å². The van der Waals surface area contributed by atoms with E-state index in [-0.39, 0.29) is 23.6 Å². The first-order valence-electron chi connectivity index (χ1n) is 11.7. The van der Waals surface area contributed by atoms with E-state index in [9.17, 15) is 14.4 Å². The van der Waals surface area contributed by atoms with Crippen molar-refractivity contribution in [2.75, 3.05) is 20.1 Å². The molecule has 0 aliphatic carbocycles. The zero-order chi connectivity index (χ0) is 21.7. The average Bonchev–Trinajstić information content (AvgIpc) is 2.69. The standard InChI is InChI=1S/C23H45N3O3/c1-4-5-6-7-8-9-10-11-12-16-22(28)26-19-17-23(29)25-18-14-13-15-21(24-3)20(2)27/h21,24H,4-19H2,1-3H3,(H,25,29)(H,26,28)/t21-/m0/s1. The molecule has 0 bridgehead atoms. The topological polar surface area (TPSA) is 87.3 Å². The molecule has 2 amide bonds. The number of Topliss-reactive ketones (excluding diaryl/α,β-unsaturated/α-hetero) is 1. The van der Waals surface area contributed by atoms with Crippen molar-refractivity contribution >= 4 is 17.6 Å². The molecule has 0 aromatic carbocycles. The Kier molecular flexibility index (Phi) is 18.9. The molecule has 0 aliphatic heterocycles. The first-order valence-corrected chi connectivity index (χ1v) is 11.7. The van der Waals surface area contributed by atoms with Gasteiger partial charge in [-0.3, -0.25) is 14.4 Å². The van der Waals surface area contributed by atoms with Crippen LogP contribution in [0.2, 0.25) is 0 Å². The number of rotatable bonds is 20. The highest BCUT2D eigenvalue weighted by Gasteiger charge is 2.10. The lowest BCUT2D eigenvalue weighted by Gasteiger charge is -2.12. The SMILES string of the molecule is CCCCCCCCCCCC(=O)NCCC(=O)NCCCC[C@H](NC)C(C)=O. The van der Waals surface area contributed by atoms with Gasteiger partial charge in [-0.15, -0.1) is 0 Å². The van der Waals surface area contributed by atoms with E-state index in [2.05, 4.69) is 22.9 Å². The summed E-state index contributed by atoms with van der Waals surface area (Å²) in [6.45, 7) is 4.83. The third-order valence-electron chi connectivity index (χ3n) is 5.26. The number of unbranched alkanes of at least 4 members (excludes halogenated alkanes) is 9. The molecule has 29 heavy (non-hydrogen) atoms. The van der Waals surface area contributed by atoms with Crippen LogP contribution in [0.5, 0.6) is 0 Å². The molecule has 170 valence electrons. The maximum Gasteiger partial charge on any atom is 0.221 e. The molecule has 0 aromatic rings. The number of hydrogen-bond acceptors (Lipinski definition) is 4. The maximum absolute atomic E-state index is 11.8. The van der Waals surface area contributed by atoms with Crippen LogP contribution in [-0.2, 0) is 14.4 Å². The van der Waals surface area contributed by atoms with Crippen molar-refractivity contribution in [3.8, 4) is 0 Å². The first-order chi connectivity index (χ1) is 14.0. The van der Waals surface area contributed by atoms with Gasteiger partial charge in [0.15, 0.2) is 0 Å². The summed E-state index contributed by atoms with van der Waals surface area (Å²) in [6, 6.07) is -0.0910.